The van der Waals surface area contributed by atoms with Gasteiger partial charge >= 0.3 is 0 Å². The lowest BCUT2D eigenvalue weighted by Gasteiger charge is -2.15. The van der Waals surface area contributed by atoms with Gasteiger partial charge in [0.25, 0.3) is 0 Å². The van der Waals surface area contributed by atoms with E-state index in [9.17, 15) is 0 Å². The number of fused-ring (bicyclic) bond motifs is 1. The van der Waals surface area contributed by atoms with Crippen molar-refractivity contribution in [1.29, 1.82) is 0 Å². The van der Waals surface area contributed by atoms with E-state index in [-0.39, 0.29) is 0 Å². The highest BCUT2D eigenvalue weighted by molar-refractivity contribution is 5.45. The van der Waals surface area contributed by atoms with Crippen molar-refractivity contribution in [1.82, 2.24) is 9.88 Å². The van der Waals surface area contributed by atoms with Gasteiger partial charge in [0.2, 0.25) is 0 Å². The predicted octanol–water partition coefficient (Wildman–Crippen LogP) is 3.67. The average molecular weight is 253 g/mol. The SMILES string of the molecule is CC.CC.CN(C)C.c1cnc2c(c1)CCCN2. The lowest BCUT2D eigenvalue weighted by Crippen LogP contribution is -2.12. The number of aryl methyl sites for hydroxylation is 1. The molecule has 0 unspecified atom stereocenters. The quantitative estimate of drug-likeness (QED) is 0.764. The van der Waals surface area contributed by atoms with Gasteiger partial charge in [-0.2, -0.15) is 0 Å². The van der Waals surface area contributed by atoms with Crippen molar-refractivity contribution in [2.24, 2.45) is 0 Å². The molecular weight excluding hydrogens is 222 g/mol. The number of pyridine rings is 1. The molecule has 1 N–H and O–H groups in total. The van der Waals surface area contributed by atoms with Crippen LogP contribution in [0.15, 0.2) is 18.3 Å². The third-order valence-corrected chi connectivity index (χ3v) is 1.81. The molecule has 0 bridgehead atoms. The van der Waals surface area contributed by atoms with Crippen molar-refractivity contribution in [3.63, 3.8) is 0 Å². The van der Waals surface area contributed by atoms with E-state index in [4.69, 9.17) is 0 Å². The molecule has 0 fully saturated rings. The maximum atomic E-state index is 4.21. The highest BCUT2D eigenvalue weighted by atomic mass is 15.0. The minimum absolute atomic E-state index is 1.07. The number of anilines is 1. The van der Waals surface area contributed by atoms with Crippen LogP contribution in [0.2, 0.25) is 0 Å². The standard InChI is InChI=1S/C8H10N2.C3H9N.2C2H6/c1-3-7-4-2-6-10-8(7)9-5-1;1-4(2)3;2*1-2/h1,3,5H,2,4,6H2,(H,9,10);1-3H3;2*1-2H3. The van der Waals surface area contributed by atoms with Crippen LogP contribution in [0.3, 0.4) is 0 Å². The van der Waals surface area contributed by atoms with Crippen LogP contribution in [-0.2, 0) is 6.42 Å². The highest BCUT2D eigenvalue weighted by Crippen LogP contribution is 2.17. The van der Waals surface area contributed by atoms with Crippen molar-refractivity contribution in [2.75, 3.05) is 33.0 Å². The van der Waals surface area contributed by atoms with Gasteiger partial charge in [-0.25, -0.2) is 4.98 Å². The molecule has 3 heteroatoms. The molecule has 2 heterocycles. The average Bonchev–Trinajstić information content (AvgIpc) is 2.43. The number of hydrogen-bond donors (Lipinski definition) is 1. The van der Waals surface area contributed by atoms with Crippen LogP contribution < -0.4 is 5.32 Å². The molecule has 1 aliphatic heterocycles. The second kappa shape index (κ2) is 14.0. The number of aromatic nitrogens is 1. The van der Waals surface area contributed by atoms with E-state index < -0.39 is 0 Å². The monoisotopic (exact) mass is 253 g/mol. The second-order valence-electron chi connectivity index (χ2n) is 3.88. The normalized spacial score (nSPS) is 11.3. The molecular formula is C15H31N3. The Hall–Kier alpha value is -1.09. The summed E-state index contributed by atoms with van der Waals surface area (Å²) in [6.45, 7) is 9.07. The summed E-state index contributed by atoms with van der Waals surface area (Å²) < 4.78 is 0. The van der Waals surface area contributed by atoms with Gasteiger partial charge in [0.05, 0.1) is 0 Å². The van der Waals surface area contributed by atoms with E-state index in [1.54, 1.807) is 0 Å². The van der Waals surface area contributed by atoms with E-state index >= 15 is 0 Å². The van der Waals surface area contributed by atoms with Gasteiger partial charge in [-0.05, 0) is 45.6 Å². The molecule has 0 aromatic carbocycles. The fourth-order valence-electron chi connectivity index (χ4n) is 1.29. The first-order chi connectivity index (χ1) is 8.70. The molecule has 0 radical (unpaired) electrons. The van der Waals surface area contributed by atoms with E-state index in [2.05, 4.69) is 16.4 Å². The number of nitrogens with one attached hydrogen (secondary N) is 1. The molecule has 1 aromatic heterocycles. The summed E-state index contributed by atoms with van der Waals surface area (Å²) in [6.07, 6.45) is 4.24. The third-order valence-electron chi connectivity index (χ3n) is 1.81. The summed E-state index contributed by atoms with van der Waals surface area (Å²) in [4.78, 5) is 6.21. The molecule has 0 aliphatic carbocycles. The molecule has 2 rings (SSSR count). The van der Waals surface area contributed by atoms with Crippen LogP contribution >= 0.6 is 0 Å². The molecule has 0 saturated carbocycles. The van der Waals surface area contributed by atoms with Crippen LogP contribution in [0.1, 0.15) is 39.7 Å². The van der Waals surface area contributed by atoms with Gasteiger partial charge < -0.3 is 10.2 Å². The smallest absolute Gasteiger partial charge is 0.129 e. The molecule has 0 atom stereocenters. The Balaban J connectivity index is 0. The summed E-state index contributed by atoms with van der Waals surface area (Å²) in [6, 6.07) is 4.13. The zero-order chi connectivity index (χ0) is 14.4. The van der Waals surface area contributed by atoms with Gasteiger partial charge in [-0.15, -0.1) is 0 Å². The number of nitrogens with zero attached hydrogens (tertiary/aromatic N) is 2. The molecule has 1 aliphatic rings. The third kappa shape index (κ3) is 10.1. The molecule has 106 valence electrons. The van der Waals surface area contributed by atoms with Gasteiger partial charge in [0, 0.05) is 12.7 Å². The van der Waals surface area contributed by atoms with Crippen LogP contribution in [0.5, 0.6) is 0 Å². The minimum atomic E-state index is 1.07. The van der Waals surface area contributed by atoms with E-state index in [0.717, 1.165) is 12.4 Å². The first-order valence-electron chi connectivity index (χ1n) is 6.99. The predicted molar refractivity (Wildman–Crippen MR) is 83.4 cm³/mol. The Kier molecular flexibility index (Phi) is 14.9. The zero-order valence-corrected chi connectivity index (χ0v) is 13.2. The van der Waals surface area contributed by atoms with E-state index in [1.165, 1.54) is 18.4 Å². The maximum absolute atomic E-state index is 4.21. The summed E-state index contributed by atoms with van der Waals surface area (Å²) in [7, 11) is 6.00. The Morgan fingerprint density at radius 1 is 1.11 bits per heavy atom. The van der Waals surface area contributed by atoms with Gasteiger partial charge in [-0.1, -0.05) is 33.8 Å². The largest absolute Gasteiger partial charge is 0.370 e. The second-order valence-corrected chi connectivity index (χ2v) is 3.88. The first-order valence-corrected chi connectivity index (χ1v) is 6.99. The topological polar surface area (TPSA) is 28.2 Å². The van der Waals surface area contributed by atoms with Crippen molar-refractivity contribution < 1.29 is 0 Å². The molecule has 0 spiro atoms. The first kappa shape index (κ1) is 19.3. The van der Waals surface area contributed by atoms with Crippen LogP contribution in [0.25, 0.3) is 0 Å². The zero-order valence-electron chi connectivity index (χ0n) is 13.2. The Morgan fingerprint density at radius 2 is 1.67 bits per heavy atom. The molecule has 0 amide bonds. The minimum Gasteiger partial charge on any atom is -0.370 e. The lowest BCUT2D eigenvalue weighted by atomic mass is 10.1. The summed E-state index contributed by atoms with van der Waals surface area (Å²) in [5, 5.41) is 3.25. The maximum Gasteiger partial charge on any atom is 0.129 e. The fraction of sp³-hybridized carbons (Fsp3) is 0.667. The van der Waals surface area contributed by atoms with Gasteiger partial charge in [-0.3, -0.25) is 0 Å². The van der Waals surface area contributed by atoms with Gasteiger partial charge in [0.15, 0.2) is 0 Å². The molecule has 3 nitrogen and oxygen atoms in total. The molecule has 0 saturated heterocycles. The molecule has 1 aromatic rings. The van der Waals surface area contributed by atoms with Crippen molar-refractivity contribution >= 4 is 5.82 Å². The van der Waals surface area contributed by atoms with Crippen molar-refractivity contribution in [3.8, 4) is 0 Å². The van der Waals surface area contributed by atoms with Crippen molar-refractivity contribution in [2.45, 2.75) is 40.5 Å². The summed E-state index contributed by atoms with van der Waals surface area (Å²) in [5.74, 6) is 1.08. The number of hydrogen-bond acceptors (Lipinski definition) is 3. The van der Waals surface area contributed by atoms with E-state index in [1.807, 2.05) is 66.0 Å². The number of rotatable bonds is 0. The summed E-state index contributed by atoms with van der Waals surface area (Å²) >= 11 is 0. The molecule has 18 heavy (non-hydrogen) atoms. The summed E-state index contributed by atoms with van der Waals surface area (Å²) in [5.41, 5.74) is 1.36. The highest BCUT2D eigenvalue weighted by Gasteiger charge is 2.06. The Labute approximate surface area is 114 Å². The fourth-order valence-corrected chi connectivity index (χ4v) is 1.29. The van der Waals surface area contributed by atoms with Crippen LogP contribution in [0, 0.1) is 0 Å². The van der Waals surface area contributed by atoms with E-state index in [0.29, 0.717) is 0 Å². The lowest BCUT2D eigenvalue weighted by molar-refractivity contribution is 0.505. The Morgan fingerprint density at radius 3 is 2.17 bits per heavy atom. The van der Waals surface area contributed by atoms with Crippen molar-refractivity contribution in [3.05, 3.63) is 23.9 Å². The Bertz CT molecular complexity index is 244. The van der Waals surface area contributed by atoms with Crippen LogP contribution in [-0.4, -0.2) is 37.6 Å². The van der Waals surface area contributed by atoms with Gasteiger partial charge in [0.1, 0.15) is 5.82 Å². The van der Waals surface area contributed by atoms with Crippen LogP contribution in [0.4, 0.5) is 5.82 Å².